The number of ether oxygens (including phenoxy) is 1. The van der Waals surface area contributed by atoms with Gasteiger partial charge in [0, 0.05) is 11.0 Å². The minimum Gasteiger partial charge on any atom is -0.460 e. The first-order chi connectivity index (χ1) is 7.05. The van der Waals surface area contributed by atoms with E-state index < -0.39 is 22.3 Å². The third kappa shape index (κ3) is 1.77. The van der Waals surface area contributed by atoms with Crippen LogP contribution in [0.4, 0.5) is 0 Å². The van der Waals surface area contributed by atoms with Crippen molar-refractivity contribution in [2.24, 2.45) is 5.92 Å². The Morgan fingerprint density at radius 2 is 2.27 bits per heavy atom. The normalized spacial score (nSPS) is 28.8. The molecule has 82 valence electrons. The number of nitrogens with zero attached hydrogens (tertiary/aromatic N) is 1. The van der Waals surface area contributed by atoms with E-state index in [-0.39, 0.29) is 6.61 Å². The van der Waals surface area contributed by atoms with E-state index in [4.69, 9.17) is 4.74 Å². The van der Waals surface area contributed by atoms with Gasteiger partial charge in [-0.25, -0.2) is 4.79 Å². The summed E-state index contributed by atoms with van der Waals surface area (Å²) in [4.78, 5) is 22.1. The molecule has 1 aliphatic carbocycles. The van der Waals surface area contributed by atoms with Crippen LogP contribution in [0.3, 0.4) is 0 Å². The smallest absolute Gasteiger partial charge is 0.389 e. The molecule has 0 saturated carbocycles. The Morgan fingerprint density at radius 1 is 1.60 bits per heavy atom. The Bertz CT molecular complexity index is 334. The summed E-state index contributed by atoms with van der Waals surface area (Å²) >= 11 is 0. The van der Waals surface area contributed by atoms with Crippen LogP contribution in [0.15, 0.2) is 24.3 Å². The van der Waals surface area contributed by atoms with Crippen LogP contribution in [0.1, 0.15) is 13.8 Å². The highest BCUT2D eigenvalue weighted by atomic mass is 16.6. The van der Waals surface area contributed by atoms with Crippen LogP contribution in [0.25, 0.3) is 0 Å². The number of esters is 1. The van der Waals surface area contributed by atoms with E-state index in [1.165, 1.54) is 12.2 Å². The zero-order valence-corrected chi connectivity index (χ0v) is 8.67. The molecule has 0 spiro atoms. The number of hydrogen-bond donors (Lipinski definition) is 0. The summed E-state index contributed by atoms with van der Waals surface area (Å²) in [6.45, 7) is 3.39. The molecule has 5 heteroatoms. The van der Waals surface area contributed by atoms with Crippen LogP contribution in [0.5, 0.6) is 0 Å². The Kier molecular flexibility index (Phi) is 3.24. The van der Waals surface area contributed by atoms with Gasteiger partial charge >= 0.3 is 11.5 Å². The first-order valence-electron chi connectivity index (χ1n) is 4.73. The summed E-state index contributed by atoms with van der Waals surface area (Å²) in [5.74, 6) is -1.31. The second-order valence-electron chi connectivity index (χ2n) is 3.34. The second kappa shape index (κ2) is 4.25. The monoisotopic (exact) mass is 211 g/mol. The minimum absolute atomic E-state index is 0.138. The number of rotatable bonds is 3. The van der Waals surface area contributed by atoms with Crippen molar-refractivity contribution in [2.75, 3.05) is 6.61 Å². The molecule has 1 rings (SSSR count). The van der Waals surface area contributed by atoms with Crippen LogP contribution in [-0.4, -0.2) is 23.0 Å². The molecule has 0 heterocycles. The molecule has 0 fully saturated rings. The summed E-state index contributed by atoms with van der Waals surface area (Å²) in [6, 6.07) is 0. The zero-order valence-electron chi connectivity index (χ0n) is 8.67. The van der Waals surface area contributed by atoms with Gasteiger partial charge in [0.05, 0.1) is 12.5 Å². The molecule has 0 aromatic carbocycles. The molecule has 5 nitrogen and oxygen atoms in total. The number of nitro groups is 1. The number of allylic oxidation sites excluding steroid dienone is 2. The highest BCUT2D eigenvalue weighted by molar-refractivity contribution is 5.83. The summed E-state index contributed by atoms with van der Waals surface area (Å²) in [7, 11) is 0. The third-order valence-electron chi connectivity index (χ3n) is 2.46. The third-order valence-corrected chi connectivity index (χ3v) is 2.46. The SMILES string of the molecule is CCOC(=O)C1([N+](=O)[O-])C=CC=CC1C. The lowest BCUT2D eigenvalue weighted by Crippen LogP contribution is -2.51. The minimum atomic E-state index is -1.76. The molecule has 1 aliphatic rings. The van der Waals surface area contributed by atoms with Gasteiger partial charge in [-0.2, -0.15) is 0 Å². The lowest BCUT2D eigenvalue weighted by Gasteiger charge is -2.25. The van der Waals surface area contributed by atoms with Crippen LogP contribution in [-0.2, 0) is 9.53 Å². The van der Waals surface area contributed by atoms with Gasteiger partial charge in [-0.05, 0) is 6.92 Å². The first-order valence-corrected chi connectivity index (χ1v) is 4.73. The quantitative estimate of drug-likeness (QED) is 0.401. The zero-order chi connectivity index (χ0) is 11.5. The van der Waals surface area contributed by atoms with E-state index in [2.05, 4.69) is 0 Å². The largest absolute Gasteiger partial charge is 0.460 e. The molecule has 15 heavy (non-hydrogen) atoms. The van der Waals surface area contributed by atoms with Gasteiger partial charge in [0.2, 0.25) is 0 Å². The molecule has 2 unspecified atom stereocenters. The van der Waals surface area contributed by atoms with Gasteiger partial charge in [-0.3, -0.25) is 10.1 Å². The van der Waals surface area contributed by atoms with E-state index in [0.717, 1.165) is 0 Å². The van der Waals surface area contributed by atoms with Crippen LogP contribution < -0.4 is 0 Å². The van der Waals surface area contributed by atoms with Gasteiger partial charge in [0.15, 0.2) is 0 Å². The highest BCUT2D eigenvalue weighted by Gasteiger charge is 2.54. The molecular weight excluding hydrogens is 198 g/mol. The number of carbonyl (C=O) groups is 1. The molecular formula is C10H13NO4. The van der Waals surface area contributed by atoms with Crippen molar-refractivity contribution in [3.8, 4) is 0 Å². The molecule has 0 saturated heterocycles. The molecule has 0 radical (unpaired) electrons. The van der Waals surface area contributed by atoms with Crippen LogP contribution >= 0.6 is 0 Å². The molecule has 0 aromatic rings. The average Bonchev–Trinajstić information content (AvgIpc) is 2.18. The summed E-state index contributed by atoms with van der Waals surface area (Å²) < 4.78 is 4.75. The fourth-order valence-corrected chi connectivity index (χ4v) is 1.53. The molecule has 0 aromatic heterocycles. The van der Waals surface area contributed by atoms with E-state index in [0.29, 0.717) is 0 Å². The number of carbonyl (C=O) groups excluding carboxylic acids is 1. The number of hydrogen-bond acceptors (Lipinski definition) is 4. The fraction of sp³-hybridized carbons (Fsp3) is 0.500. The molecule has 0 amide bonds. The predicted molar refractivity (Wildman–Crippen MR) is 53.8 cm³/mol. The van der Waals surface area contributed by atoms with Crippen LogP contribution in [0.2, 0.25) is 0 Å². The summed E-state index contributed by atoms with van der Waals surface area (Å²) in [6.07, 6.45) is 6.10. The van der Waals surface area contributed by atoms with E-state index >= 15 is 0 Å². The Labute approximate surface area is 87.6 Å². The summed E-state index contributed by atoms with van der Waals surface area (Å²) in [5.41, 5.74) is -1.76. The Morgan fingerprint density at radius 3 is 2.73 bits per heavy atom. The van der Waals surface area contributed by atoms with Crippen molar-refractivity contribution >= 4 is 5.97 Å². The Balaban J connectivity index is 3.09. The Hall–Kier alpha value is -1.65. The maximum absolute atomic E-state index is 11.6. The average molecular weight is 211 g/mol. The lowest BCUT2D eigenvalue weighted by atomic mass is 9.82. The van der Waals surface area contributed by atoms with Crippen molar-refractivity contribution in [2.45, 2.75) is 19.4 Å². The fourth-order valence-electron chi connectivity index (χ4n) is 1.53. The maximum Gasteiger partial charge on any atom is 0.389 e. The van der Waals surface area contributed by atoms with Gasteiger partial charge in [0.1, 0.15) is 0 Å². The molecule has 0 bridgehead atoms. The van der Waals surface area contributed by atoms with Crippen molar-refractivity contribution in [1.82, 2.24) is 0 Å². The second-order valence-corrected chi connectivity index (χ2v) is 3.34. The standard InChI is InChI=1S/C10H13NO4/c1-3-15-9(12)10(11(13)14)7-5-4-6-8(10)2/h4-8H,3H2,1-2H3. The molecule has 0 aliphatic heterocycles. The van der Waals surface area contributed by atoms with Gasteiger partial charge < -0.3 is 4.74 Å². The van der Waals surface area contributed by atoms with E-state index in [1.54, 1.807) is 26.0 Å². The van der Waals surface area contributed by atoms with E-state index in [1.807, 2.05) is 0 Å². The van der Waals surface area contributed by atoms with Gasteiger partial charge in [0.25, 0.3) is 0 Å². The maximum atomic E-state index is 11.6. The highest BCUT2D eigenvalue weighted by Crippen LogP contribution is 2.29. The van der Waals surface area contributed by atoms with Crippen molar-refractivity contribution in [3.63, 3.8) is 0 Å². The topological polar surface area (TPSA) is 69.4 Å². The molecule has 0 N–H and O–H groups in total. The molecule has 2 atom stereocenters. The first kappa shape index (κ1) is 11.4. The summed E-state index contributed by atoms with van der Waals surface area (Å²) in [5, 5.41) is 11.0. The van der Waals surface area contributed by atoms with Crippen molar-refractivity contribution in [3.05, 3.63) is 34.4 Å². The van der Waals surface area contributed by atoms with Gasteiger partial charge in [-0.15, -0.1) is 0 Å². The van der Waals surface area contributed by atoms with Crippen LogP contribution in [0, 0.1) is 16.0 Å². The van der Waals surface area contributed by atoms with E-state index in [9.17, 15) is 14.9 Å². The predicted octanol–water partition coefficient (Wildman–Crippen LogP) is 1.33. The lowest BCUT2D eigenvalue weighted by molar-refractivity contribution is -0.548. The van der Waals surface area contributed by atoms with Gasteiger partial charge in [-0.1, -0.05) is 25.2 Å². The van der Waals surface area contributed by atoms with Crippen molar-refractivity contribution in [1.29, 1.82) is 0 Å². The van der Waals surface area contributed by atoms with Crippen molar-refractivity contribution < 1.29 is 14.5 Å².